The quantitative estimate of drug-likeness (QED) is 0.281. The fourth-order valence-corrected chi connectivity index (χ4v) is 5.52. The molecule has 0 aliphatic carbocycles. The highest BCUT2D eigenvalue weighted by Crippen LogP contribution is 2.46. The summed E-state index contributed by atoms with van der Waals surface area (Å²) in [5, 5.41) is 39.5. The van der Waals surface area contributed by atoms with E-state index in [-0.39, 0.29) is 35.4 Å². The summed E-state index contributed by atoms with van der Waals surface area (Å²) < 4.78 is 37.8. The number of nitrogens with zero attached hydrogens (tertiary/aromatic N) is 1. The monoisotopic (exact) mass is 583 g/mol. The Bertz CT molecular complexity index is 1400. The molecular formula is C31H31F2NO8. The third-order valence-electron chi connectivity index (χ3n) is 7.96. The van der Waals surface area contributed by atoms with Crippen LogP contribution in [0.3, 0.4) is 0 Å². The first kappa shape index (κ1) is 29.6. The summed E-state index contributed by atoms with van der Waals surface area (Å²) in [7, 11) is 0. The number of carboxylic acids is 1. The molecule has 42 heavy (non-hydrogen) atoms. The third kappa shape index (κ3) is 5.86. The van der Waals surface area contributed by atoms with Gasteiger partial charge in [-0.2, -0.15) is 0 Å². The molecule has 3 aromatic carbocycles. The van der Waals surface area contributed by atoms with E-state index >= 15 is 0 Å². The first-order valence-corrected chi connectivity index (χ1v) is 13.6. The van der Waals surface area contributed by atoms with Crippen LogP contribution in [0.15, 0.2) is 72.8 Å². The van der Waals surface area contributed by atoms with Crippen LogP contribution in [-0.4, -0.2) is 63.0 Å². The molecule has 9 nitrogen and oxygen atoms in total. The SMILES string of the molecule is CC(CC[C@H]1C(=O)N(c2ccc(F)cc2)[C@@H]1c1ccc(O[C@@H]2O[C@H](C(=O)O)[C@@H](O)[C@H](O)[C@H]2O)cc1)c1ccc(F)cc1. The number of hydrogen-bond donors (Lipinski definition) is 4. The Kier molecular flexibility index (Phi) is 8.55. The summed E-state index contributed by atoms with van der Waals surface area (Å²) in [6, 6.07) is 18.1. The van der Waals surface area contributed by atoms with Gasteiger partial charge in [-0.3, -0.25) is 4.79 Å². The molecule has 222 valence electrons. The highest BCUT2D eigenvalue weighted by Gasteiger charge is 2.49. The predicted octanol–water partition coefficient (Wildman–Crippen LogP) is 3.52. The van der Waals surface area contributed by atoms with Crippen LogP contribution >= 0.6 is 0 Å². The molecule has 2 fully saturated rings. The Morgan fingerprint density at radius 2 is 1.50 bits per heavy atom. The minimum absolute atomic E-state index is 0.0834. The van der Waals surface area contributed by atoms with Gasteiger partial charge >= 0.3 is 5.97 Å². The van der Waals surface area contributed by atoms with Gasteiger partial charge in [-0.15, -0.1) is 0 Å². The van der Waals surface area contributed by atoms with Gasteiger partial charge in [0.2, 0.25) is 12.2 Å². The lowest BCUT2D eigenvalue weighted by atomic mass is 9.77. The van der Waals surface area contributed by atoms with E-state index in [4.69, 9.17) is 9.47 Å². The molecule has 2 aliphatic rings. The molecule has 2 aliphatic heterocycles. The van der Waals surface area contributed by atoms with Gasteiger partial charge in [-0.05, 0) is 78.4 Å². The number of halogens is 2. The number of carboxylic acid groups (broad SMARTS) is 1. The van der Waals surface area contributed by atoms with Gasteiger partial charge in [-0.1, -0.05) is 31.2 Å². The maximum atomic E-state index is 13.6. The summed E-state index contributed by atoms with van der Waals surface area (Å²) in [5.41, 5.74) is 2.27. The molecule has 11 heteroatoms. The minimum Gasteiger partial charge on any atom is -0.479 e. The molecule has 2 heterocycles. The first-order chi connectivity index (χ1) is 20.0. The van der Waals surface area contributed by atoms with Crippen LogP contribution in [0.5, 0.6) is 5.75 Å². The lowest BCUT2D eigenvalue weighted by Gasteiger charge is -2.48. The van der Waals surface area contributed by atoms with Crippen LogP contribution in [0.1, 0.15) is 42.9 Å². The van der Waals surface area contributed by atoms with Crippen molar-refractivity contribution in [2.24, 2.45) is 5.92 Å². The number of carbonyl (C=O) groups excluding carboxylic acids is 1. The molecule has 1 unspecified atom stereocenters. The van der Waals surface area contributed by atoms with E-state index < -0.39 is 42.5 Å². The number of rotatable bonds is 9. The van der Waals surface area contributed by atoms with E-state index in [1.807, 2.05) is 6.92 Å². The van der Waals surface area contributed by atoms with E-state index in [9.17, 15) is 38.8 Å². The highest BCUT2D eigenvalue weighted by molar-refractivity contribution is 6.03. The molecular weight excluding hydrogens is 552 g/mol. The van der Waals surface area contributed by atoms with Crippen molar-refractivity contribution in [3.63, 3.8) is 0 Å². The van der Waals surface area contributed by atoms with E-state index in [1.54, 1.807) is 41.3 Å². The highest BCUT2D eigenvalue weighted by atomic mass is 19.1. The Labute approximate surface area is 240 Å². The van der Waals surface area contributed by atoms with Gasteiger partial charge in [0.05, 0.1) is 12.0 Å². The smallest absolute Gasteiger partial charge is 0.335 e. The molecule has 8 atom stereocenters. The van der Waals surface area contributed by atoms with Gasteiger partial charge in [0.25, 0.3) is 0 Å². The fourth-order valence-electron chi connectivity index (χ4n) is 5.52. The molecule has 0 bridgehead atoms. The Morgan fingerprint density at radius 3 is 2.10 bits per heavy atom. The summed E-state index contributed by atoms with van der Waals surface area (Å²) in [6.45, 7) is 2.02. The fraction of sp³-hybridized carbons (Fsp3) is 0.355. The maximum absolute atomic E-state index is 13.6. The second-order valence-electron chi connectivity index (χ2n) is 10.7. The zero-order chi connectivity index (χ0) is 30.1. The van der Waals surface area contributed by atoms with E-state index in [0.29, 0.717) is 18.5 Å². The zero-order valence-electron chi connectivity index (χ0n) is 22.6. The van der Waals surface area contributed by atoms with Gasteiger partial charge in [0, 0.05) is 5.69 Å². The molecule has 2 saturated heterocycles. The Morgan fingerprint density at radius 1 is 0.905 bits per heavy atom. The van der Waals surface area contributed by atoms with Gasteiger partial charge in [-0.25, -0.2) is 13.6 Å². The van der Waals surface area contributed by atoms with E-state index in [1.165, 1.54) is 36.4 Å². The number of ether oxygens (including phenoxy) is 2. The molecule has 0 spiro atoms. The number of aliphatic hydroxyl groups is 3. The molecule has 0 aromatic heterocycles. The molecule has 4 N–H and O–H groups in total. The van der Waals surface area contributed by atoms with Crippen LogP contribution in [0.2, 0.25) is 0 Å². The Balaban J connectivity index is 1.34. The number of aliphatic hydroxyl groups excluding tert-OH is 3. The van der Waals surface area contributed by atoms with Crippen LogP contribution in [0.4, 0.5) is 14.5 Å². The van der Waals surface area contributed by atoms with Gasteiger partial charge in [0.1, 0.15) is 35.7 Å². The predicted molar refractivity (Wildman–Crippen MR) is 146 cm³/mol. The van der Waals surface area contributed by atoms with Crippen molar-refractivity contribution in [1.82, 2.24) is 0 Å². The summed E-state index contributed by atoms with van der Waals surface area (Å²) in [5.74, 6) is -2.47. The van der Waals surface area contributed by atoms with Gasteiger partial charge < -0.3 is 34.8 Å². The number of hydrogen-bond acceptors (Lipinski definition) is 7. The lowest BCUT2D eigenvalue weighted by Crippen LogP contribution is -2.61. The topological polar surface area (TPSA) is 137 Å². The average molecular weight is 584 g/mol. The second kappa shape index (κ2) is 12.1. The normalized spacial score (nSPS) is 28.2. The van der Waals surface area contributed by atoms with E-state index in [2.05, 4.69) is 0 Å². The van der Waals surface area contributed by atoms with Crippen LogP contribution in [0, 0.1) is 17.6 Å². The number of aliphatic carboxylic acids is 1. The number of amides is 1. The van der Waals surface area contributed by atoms with Crippen molar-refractivity contribution in [3.05, 3.63) is 95.6 Å². The average Bonchev–Trinajstić information content (AvgIpc) is 2.97. The minimum atomic E-state index is -1.84. The molecule has 0 radical (unpaired) electrons. The summed E-state index contributed by atoms with van der Waals surface area (Å²) in [4.78, 5) is 26.3. The third-order valence-corrected chi connectivity index (χ3v) is 7.96. The van der Waals surface area contributed by atoms with Crippen LogP contribution in [-0.2, 0) is 14.3 Å². The standard InChI is InChI=1S/C31H31F2NO8/c1-16(17-3-7-19(32)8-4-17)2-15-23-24(34(29(23)38)21-11-9-20(33)10-12-21)18-5-13-22(14-6-18)41-31-27(37)25(35)26(36)28(42-31)30(39)40/h3-14,16,23-28,31,35-37H,2,15H2,1H3,(H,39,40)/t16?,23-,24-,25+,26+,27-,28+,31-/m1/s1. The van der Waals surface area contributed by atoms with E-state index in [0.717, 1.165) is 11.1 Å². The molecule has 3 aromatic rings. The first-order valence-electron chi connectivity index (χ1n) is 13.6. The van der Waals surface area contributed by atoms with Gasteiger partial charge in [0.15, 0.2) is 6.10 Å². The second-order valence-corrected chi connectivity index (χ2v) is 10.7. The van der Waals surface area contributed by atoms with Crippen molar-refractivity contribution in [3.8, 4) is 5.75 Å². The molecule has 0 saturated carbocycles. The number of β-lactam (4-membered cyclic amide) rings is 1. The summed E-state index contributed by atoms with van der Waals surface area (Å²) >= 11 is 0. The van der Waals surface area contributed by atoms with Crippen molar-refractivity contribution >= 4 is 17.6 Å². The largest absolute Gasteiger partial charge is 0.479 e. The molecule has 1 amide bonds. The van der Waals surface area contributed by atoms with Crippen molar-refractivity contribution in [2.75, 3.05) is 4.90 Å². The van der Waals surface area contributed by atoms with Crippen LogP contribution < -0.4 is 9.64 Å². The molecule has 5 rings (SSSR count). The van der Waals surface area contributed by atoms with Crippen molar-refractivity contribution in [2.45, 2.75) is 62.4 Å². The lowest BCUT2D eigenvalue weighted by molar-refractivity contribution is -0.271. The maximum Gasteiger partial charge on any atom is 0.335 e. The Hall–Kier alpha value is -3.90. The number of benzene rings is 3. The number of carbonyl (C=O) groups is 2. The zero-order valence-corrected chi connectivity index (χ0v) is 22.6. The van der Waals surface area contributed by atoms with Crippen molar-refractivity contribution < 1.29 is 48.3 Å². The summed E-state index contributed by atoms with van der Waals surface area (Å²) in [6.07, 6.45) is -7.47. The van der Waals surface area contributed by atoms with Crippen LogP contribution in [0.25, 0.3) is 0 Å². The number of anilines is 1. The van der Waals surface area contributed by atoms with Crippen molar-refractivity contribution in [1.29, 1.82) is 0 Å².